The van der Waals surface area contributed by atoms with E-state index in [1.54, 1.807) is 12.1 Å². The minimum absolute atomic E-state index is 0.00374. The summed E-state index contributed by atoms with van der Waals surface area (Å²) in [6, 6.07) is 7.05. The molecule has 2 aromatic rings. The van der Waals surface area contributed by atoms with E-state index in [-0.39, 0.29) is 11.4 Å². The number of nitrogens with zero attached hydrogens (tertiary/aromatic N) is 2. The second kappa shape index (κ2) is 6.33. The Kier molecular flexibility index (Phi) is 4.30. The number of amides is 1. The van der Waals surface area contributed by atoms with Crippen LogP contribution in [-0.2, 0) is 0 Å². The van der Waals surface area contributed by atoms with Crippen LogP contribution in [0.2, 0.25) is 0 Å². The van der Waals surface area contributed by atoms with Crippen molar-refractivity contribution in [3.05, 3.63) is 51.9 Å². The highest BCUT2D eigenvalue weighted by atomic mass is 16.5. The van der Waals surface area contributed by atoms with E-state index in [9.17, 15) is 14.7 Å². The molecule has 0 aliphatic heterocycles. The van der Waals surface area contributed by atoms with E-state index < -0.39 is 11.5 Å². The van der Waals surface area contributed by atoms with Crippen LogP contribution in [0.25, 0.3) is 0 Å². The Morgan fingerprint density at radius 3 is 2.90 bits per heavy atom. The average Bonchev–Trinajstić information content (AvgIpc) is 2.49. The zero-order valence-electron chi connectivity index (χ0n) is 11.0. The number of nitrogens with one attached hydrogen (secondary N) is 2. The van der Waals surface area contributed by atoms with Crippen molar-refractivity contribution in [2.24, 2.45) is 5.10 Å². The molecule has 0 radical (unpaired) electrons. The Bertz CT molecular complexity index is 719. The Morgan fingerprint density at radius 1 is 1.43 bits per heavy atom. The van der Waals surface area contributed by atoms with E-state index in [0.29, 0.717) is 11.3 Å². The molecule has 3 N–H and O–H groups in total. The Balaban J connectivity index is 2.07. The molecule has 0 aliphatic rings. The molecular weight excluding hydrogens is 276 g/mol. The second-order valence-corrected chi connectivity index (χ2v) is 3.93. The summed E-state index contributed by atoms with van der Waals surface area (Å²) in [5.74, 6) is -0.0521. The number of benzene rings is 1. The molecule has 1 aromatic heterocycles. The number of hydrazone groups is 1. The summed E-state index contributed by atoms with van der Waals surface area (Å²) in [6.07, 6.45) is 1.27. The number of carbonyl (C=O) groups excluding carboxylic acids is 1. The number of hydrogen-bond donors (Lipinski definition) is 3. The molecule has 0 unspecified atom stereocenters. The Labute approximate surface area is 119 Å². The summed E-state index contributed by atoms with van der Waals surface area (Å²) in [6.45, 7) is 0. The predicted molar refractivity (Wildman–Crippen MR) is 74.6 cm³/mol. The van der Waals surface area contributed by atoms with Crippen LogP contribution < -0.4 is 15.7 Å². The van der Waals surface area contributed by atoms with Crippen molar-refractivity contribution >= 4 is 12.1 Å². The van der Waals surface area contributed by atoms with Crippen molar-refractivity contribution in [3.63, 3.8) is 0 Å². The lowest BCUT2D eigenvalue weighted by molar-refractivity contribution is 0.0949. The van der Waals surface area contributed by atoms with Crippen LogP contribution in [0.3, 0.4) is 0 Å². The monoisotopic (exact) mass is 288 g/mol. The first-order chi connectivity index (χ1) is 10.1. The topological polar surface area (TPSA) is 117 Å². The standard InChI is InChI=1S/C13H12N4O4/c1-21-9-2-4-11(18)8(6-9)7-14-17-13(20)10-3-5-12(19)16-15-10/h2-7,18H,1H3,(H,16,19)(H,17,20). The maximum atomic E-state index is 11.7. The molecule has 8 heteroatoms. The van der Waals surface area contributed by atoms with Gasteiger partial charge in [0.2, 0.25) is 0 Å². The lowest BCUT2D eigenvalue weighted by Gasteiger charge is -2.03. The van der Waals surface area contributed by atoms with Gasteiger partial charge in [-0.05, 0) is 24.3 Å². The van der Waals surface area contributed by atoms with Gasteiger partial charge in [-0.25, -0.2) is 10.5 Å². The average molecular weight is 288 g/mol. The van der Waals surface area contributed by atoms with Gasteiger partial charge in [-0.1, -0.05) is 0 Å². The highest BCUT2D eigenvalue weighted by Gasteiger charge is 2.06. The van der Waals surface area contributed by atoms with Gasteiger partial charge in [-0.2, -0.15) is 10.2 Å². The van der Waals surface area contributed by atoms with Crippen LogP contribution in [-0.4, -0.2) is 34.5 Å². The molecule has 1 amide bonds. The number of rotatable bonds is 4. The second-order valence-electron chi connectivity index (χ2n) is 3.93. The van der Waals surface area contributed by atoms with Crippen LogP contribution in [0.15, 0.2) is 40.2 Å². The van der Waals surface area contributed by atoms with Gasteiger partial charge in [-0.3, -0.25) is 9.59 Å². The molecular formula is C13H12N4O4. The minimum Gasteiger partial charge on any atom is -0.507 e. The van der Waals surface area contributed by atoms with Crippen LogP contribution in [0, 0.1) is 0 Å². The first-order valence-corrected chi connectivity index (χ1v) is 5.86. The number of carbonyl (C=O) groups is 1. The van der Waals surface area contributed by atoms with Crippen molar-refractivity contribution in [1.29, 1.82) is 0 Å². The molecule has 21 heavy (non-hydrogen) atoms. The van der Waals surface area contributed by atoms with Gasteiger partial charge in [0, 0.05) is 11.6 Å². The Morgan fingerprint density at radius 2 is 2.24 bits per heavy atom. The molecule has 1 heterocycles. The summed E-state index contributed by atoms with van der Waals surface area (Å²) < 4.78 is 5.01. The lowest BCUT2D eigenvalue weighted by Crippen LogP contribution is -2.21. The lowest BCUT2D eigenvalue weighted by atomic mass is 10.2. The van der Waals surface area contributed by atoms with Crippen molar-refractivity contribution < 1.29 is 14.6 Å². The van der Waals surface area contributed by atoms with Gasteiger partial charge in [-0.15, -0.1) is 0 Å². The summed E-state index contributed by atoms with van der Waals surface area (Å²) in [5.41, 5.74) is 2.21. The number of phenolic OH excluding ortho intramolecular Hbond substituents is 1. The van der Waals surface area contributed by atoms with Crippen molar-refractivity contribution in [3.8, 4) is 11.5 Å². The van der Waals surface area contributed by atoms with Crippen molar-refractivity contribution in [1.82, 2.24) is 15.6 Å². The van der Waals surface area contributed by atoms with Crippen LogP contribution in [0.4, 0.5) is 0 Å². The minimum atomic E-state index is -0.593. The zero-order chi connectivity index (χ0) is 15.2. The summed E-state index contributed by atoms with van der Waals surface area (Å²) in [4.78, 5) is 22.5. The van der Waals surface area contributed by atoms with Gasteiger partial charge in [0.25, 0.3) is 11.5 Å². The molecule has 8 nitrogen and oxygen atoms in total. The number of ether oxygens (including phenoxy) is 1. The predicted octanol–water partition coefficient (Wildman–Crippen LogP) is 0.248. The van der Waals surface area contributed by atoms with E-state index in [0.717, 1.165) is 0 Å². The fraction of sp³-hybridized carbons (Fsp3) is 0.0769. The van der Waals surface area contributed by atoms with E-state index in [2.05, 4.69) is 20.7 Å². The van der Waals surface area contributed by atoms with E-state index in [4.69, 9.17) is 4.74 Å². The quantitative estimate of drug-likeness (QED) is 0.550. The number of hydrogen-bond acceptors (Lipinski definition) is 6. The molecule has 0 spiro atoms. The molecule has 2 rings (SSSR count). The van der Waals surface area contributed by atoms with Gasteiger partial charge in [0.1, 0.15) is 11.5 Å². The molecule has 1 aromatic carbocycles. The number of methoxy groups -OCH3 is 1. The molecule has 108 valence electrons. The number of phenols is 1. The third kappa shape index (κ3) is 3.66. The molecule has 0 atom stereocenters. The highest BCUT2D eigenvalue weighted by Crippen LogP contribution is 2.20. The van der Waals surface area contributed by atoms with Crippen LogP contribution in [0.5, 0.6) is 11.5 Å². The third-order valence-electron chi connectivity index (χ3n) is 2.52. The maximum Gasteiger partial charge on any atom is 0.291 e. The van der Waals surface area contributed by atoms with Gasteiger partial charge in [0.05, 0.1) is 13.3 Å². The van der Waals surface area contributed by atoms with Crippen LogP contribution >= 0.6 is 0 Å². The molecule has 0 fully saturated rings. The summed E-state index contributed by atoms with van der Waals surface area (Å²) >= 11 is 0. The summed E-state index contributed by atoms with van der Waals surface area (Å²) in [5, 5.41) is 19.0. The largest absolute Gasteiger partial charge is 0.507 e. The number of aromatic nitrogens is 2. The molecule has 0 aliphatic carbocycles. The first kappa shape index (κ1) is 14.3. The van der Waals surface area contributed by atoms with Crippen molar-refractivity contribution in [2.45, 2.75) is 0 Å². The van der Waals surface area contributed by atoms with Crippen molar-refractivity contribution in [2.75, 3.05) is 7.11 Å². The number of aromatic hydroxyl groups is 1. The van der Waals surface area contributed by atoms with E-state index >= 15 is 0 Å². The fourth-order valence-electron chi connectivity index (χ4n) is 1.45. The van der Waals surface area contributed by atoms with Gasteiger partial charge >= 0.3 is 0 Å². The first-order valence-electron chi connectivity index (χ1n) is 5.86. The molecule has 0 bridgehead atoms. The molecule has 0 saturated heterocycles. The maximum absolute atomic E-state index is 11.7. The fourth-order valence-corrected chi connectivity index (χ4v) is 1.45. The molecule has 0 saturated carbocycles. The number of aromatic amines is 1. The van der Waals surface area contributed by atoms with Gasteiger partial charge < -0.3 is 9.84 Å². The van der Waals surface area contributed by atoms with Gasteiger partial charge in [0.15, 0.2) is 5.69 Å². The van der Waals surface area contributed by atoms with E-state index in [1.807, 2.05) is 0 Å². The van der Waals surface area contributed by atoms with Crippen LogP contribution in [0.1, 0.15) is 16.1 Å². The SMILES string of the molecule is COc1ccc(O)c(C=NNC(=O)c2ccc(=O)[nH]n2)c1. The Hall–Kier alpha value is -3.16. The number of H-pyrrole nitrogens is 1. The smallest absolute Gasteiger partial charge is 0.291 e. The third-order valence-corrected chi connectivity index (χ3v) is 2.52. The van der Waals surface area contributed by atoms with E-state index in [1.165, 1.54) is 31.5 Å². The summed E-state index contributed by atoms with van der Waals surface area (Å²) in [7, 11) is 1.50. The zero-order valence-corrected chi connectivity index (χ0v) is 11.0. The normalized spacial score (nSPS) is 10.5. The highest BCUT2D eigenvalue weighted by molar-refractivity contribution is 5.93.